The van der Waals surface area contributed by atoms with Gasteiger partial charge >= 0.3 is 6.18 Å². The number of benzene rings is 2. The van der Waals surface area contributed by atoms with Crippen molar-refractivity contribution < 1.29 is 18.3 Å². The second-order valence-electron chi connectivity index (χ2n) is 5.08. The molecule has 0 aromatic heterocycles. The molecule has 21 heavy (non-hydrogen) atoms. The van der Waals surface area contributed by atoms with Crippen molar-refractivity contribution in [3.05, 3.63) is 76.9 Å². The molecule has 0 heterocycles. The van der Waals surface area contributed by atoms with Crippen LogP contribution in [0.4, 0.5) is 13.2 Å². The average molecular weight is 290 g/mol. The topological polar surface area (TPSA) is 20.2 Å². The minimum Gasteiger partial charge on any atom is -0.387 e. The predicted octanol–water partition coefficient (Wildman–Crippen LogP) is 4.55. The molecule has 1 N–H and O–H groups in total. The van der Waals surface area contributed by atoms with E-state index in [1.807, 2.05) is 36.4 Å². The van der Waals surface area contributed by atoms with Crippen molar-refractivity contribution >= 4 is 6.08 Å². The Kier molecular flexibility index (Phi) is 3.33. The van der Waals surface area contributed by atoms with E-state index >= 15 is 0 Å². The molecule has 0 aliphatic heterocycles. The Labute approximate surface area is 120 Å². The Morgan fingerprint density at radius 3 is 2.24 bits per heavy atom. The highest BCUT2D eigenvalue weighted by Gasteiger charge is 2.31. The molecule has 1 aliphatic carbocycles. The zero-order valence-corrected chi connectivity index (χ0v) is 11.0. The van der Waals surface area contributed by atoms with Crippen LogP contribution in [-0.4, -0.2) is 5.11 Å². The molecular formula is C17H13F3O. The fourth-order valence-corrected chi connectivity index (χ4v) is 2.63. The number of aliphatic hydroxyl groups excluding tert-OH is 1. The van der Waals surface area contributed by atoms with E-state index in [9.17, 15) is 18.3 Å². The van der Waals surface area contributed by atoms with E-state index in [0.29, 0.717) is 5.56 Å². The van der Waals surface area contributed by atoms with E-state index in [1.54, 1.807) is 0 Å². The second-order valence-corrected chi connectivity index (χ2v) is 5.08. The van der Waals surface area contributed by atoms with Crippen LogP contribution in [-0.2, 0) is 6.18 Å². The predicted molar refractivity (Wildman–Crippen MR) is 74.6 cm³/mol. The summed E-state index contributed by atoms with van der Waals surface area (Å²) in [7, 11) is 0. The molecule has 2 atom stereocenters. The molecule has 108 valence electrons. The quantitative estimate of drug-likeness (QED) is 0.817. The lowest BCUT2D eigenvalue weighted by molar-refractivity contribution is -0.137. The van der Waals surface area contributed by atoms with Crippen molar-refractivity contribution in [2.45, 2.75) is 18.2 Å². The molecule has 4 heteroatoms. The normalized spacial score (nSPS) is 21.1. The summed E-state index contributed by atoms with van der Waals surface area (Å²) >= 11 is 0. The molecule has 0 fully saturated rings. The molecule has 3 rings (SSSR count). The summed E-state index contributed by atoms with van der Waals surface area (Å²) in [6.07, 6.45) is -1.37. The van der Waals surface area contributed by atoms with Gasteiger partial charge in [0.2, 0.25) is 0 Å². The van der Waals surface area contributed by atoms with Crippen molar-refractivity contribution in [2.75, 3.05) is 0 Å². The summed E-state index contributed by atoms with van der Waals surface area (Å²) < 4.78 is 37.7. The number of aliphatic hydroxyl groups is 1. The fraction of sp³-hybridized carbons (Fsp3) is 0.176. The zero-order chi connectivity index (χ0) is 15.0. The summed E-state index contributed by atoms with van der Waals surface area (Å²) in [6.45, 7) is 0. The number of hydrogen-bond acceptors (Lipinski definition) is 1. The van der Waals surface area contributed by atoms with Gasteiger partial charge in [0.05, 0.1) is 11.7 Å². The monoisotopic (exact) mass is 290 g/mol. The van der Waals surface area contributed by atoms with Crippen LogP contribution >= 0.6 is 0 Å². The summed E-state index contributed by atoms with van der Waals surface area (Å²) in [5, 5.41) is 10.4. The first kappa shape index (κ1) is 13.9. The Balaban J connectivity index is 1.92. The molecule has 0 saturated heterocycles. The van der Waals surface area contributed by atoms with E-state index in [1.165, 1.54) is 12.1 Å². The maximum atomic E-state index is 12.6. The van der Waals surface area contributed by atoms with Crippen molar-refractivity contribution in [3.8, 4) is 0 Å². The van der Waals surface area contributed by atoms with Gasteiger partial charge < -0.3 is 5.11 Å². The molecule has 2 aromatic carbocycles. The van der Waals surface area contributed by atoms with Crippen LogP contribution in [0.25, 0.3) is 6.08 Å². The Morgan fingerprint density at radius 2 is 1.57 bits per heavy atom. The van der Waals surface area contributed by atoms with Gasteiger partial charge in [-0.3, -0.25) is 0 Å². The van der Waals surface area contributed by atoms with Crippen LogP contribution in [0, 0.1) is 0 Å². The summed E-state index contributed by atoms with van der Waals surface area (Å²) in [5.74, 6) is -0.331. The largest absolute Gasteiger partial charge is 0.416 e. The third-order valence-corrected chi connectivity index (χ3v) is 3.76. The molecule has 0 unspecified atom stereocenters. The van der Waals surface area contributed by atoms with Crippen LogP contribution in [0.2, 0.25) is 0 Å². The third kappa shape index (κ3) is 2.59. The van der Waals surface area contributed by atoms with Gasteiger partial charge in [-0.25, -0.2) is 0 Å². The number of fused-ring (bicyclic) bond motifs is 1. The van der Waals surface area contributed by atoms with Crippen LogP contribution in [0.1, 0.15) is 34.3 Å². The Bertz CT molecular complexity index is 671. The molecular weight excluding hydrogens is 277 g/mol. The highest BCUT2D eigenvalue weighted by Crippen LogP contribution is 2.39. The van der Waals surface area contributed by atoms with Crippen LogP contribution in [0.5, 0.6) is 0 Å². The first-order chi connectivity index (χ1) is 9.97. The summed E-state index contributed by atoms with van der Waals surface area (Å²) in [4.78, 5) is 0. The van der Waals surface area contributed by atoms with Gasteiger partial charge in [0, 0.05) is 5.92 Å². The van der Waals surface area contributed by atoms with Gasteiger partial charge in [-0.1, -0.05) is 48.6 Å². The molecule has 1 nitrogen and oxygen atoms in total. The average Bonchev–Trinajstić information content (AvgIpc) is 2.47. The molecule has 0 amide bonds. The lowest BCUT2D eigenvalue weighted by Gasteiger charge is -2.26. The minimum atomic E-state index is -4.34. The SMILES string of the molecule is O[C@@H]1c2ccccc2C=C[C@@H]1c1ccc(C(F)(F)F)cc1. The minimum absolute atomic E-state index is 0.331. The smallest absolute Gasteiger partial charge is 0.387 e. The number of alkyl halides is 3. The van der Waals surface area contributed by atoms with Gasteiger partial charge in [0.15, 0.2) is 0 Å². The fourth-order valence-electron chi connectivity index (χ4n) is 2.63. The second kappa shape index (κ2) is 5.04. The first-order valence-corrected chi connectivity index (χ1v) is 6.59. The van der Waals surface area contributed by atoms with E-state index < -0.39 is 17.8 Å². The van der Waals surface area contributed by atoms with Crippen molar-refractivity contribution in [2.24, 2.45) is 0 Å². The van der Waals surface area contributed by atoms with Gasteiger partial charge in [-0.2, -0.15) is 13.2 Å². The zero-order valence-electron chi connectivity index (χ0n) is 11.0. The van der Waals surface area contributed by atoms with E-state index in [-0.39, 0.29) is 5.92 Å². The van der Waals surface area contributed by atoms with Crippen molar-refractivity contribution in [1.29, 1.82) is 0 Å². The van der Waals surface area contributed by atoms with Crippen LogP contribution in [0.3, 0.4) is 0 Å². The van der Waals surface area contributed by atoms with Crippen LogP contribution < -0.4 is 0 Å². The number of halogens is 3. The summed E-state index contributed by atoms with van der Waals surface area (Å²) in [6, 6.07) is 12.4. The molecule has 0 saturated carbocycles. The molecule has 2 aromatic rings. The van der Waals surface area contributed by atoms with Gasteiger partial charge in [0.1, 0.15) is 0 Å². The van der Waals surface area contributed by atoms with Crippen molar-refractivity contribution in [1.82, 2.24) is 0 Å². The van der Waals surface area contributed by atoms with Gasteiger partial charge in [-0.15, -0.1) is 0 Å². The maximum absolute atomic E-state index is 12.6. The van der Waals surface area contributed by atoms with E-state index in [2.05, 4.69) is 0 Å². The Morgan fingerprint density at radius 1 is 0.905 bits per heavy atom. The molecule has 0 radical (unpaired) electrons. The number of hydrogen-bond donors (Lipinski definition) is 1. The number of rotatable bonds is 1. The Hall–Kier alpha value is -2.07. The van der Waals surface area contributed by atoms with Gasteiger partial charge in [0.25, 0.3) is 0 Å². The highest BCUT2D eigenvalue weighted by molar-refractivity contribution is 5.60. The van der Waals surface area contributed by atoms with Crippen molar-refractivity contribution in [3.63, 3.8) is 0 Å². The van der Waals surface area contributed by atoms with Crippen LogP contribution in [0.15, 0.2) is 54.6 Å². The maximum Gasteiger partial charge on any atom is 0.416 e. The first-order valence-electron chi connectivity index (χ1n) is 6.59. The van der Waals surface area contributed by atoms with Gasteiger partial charge in [-0.05, 0) is 28.8 Å². The van der Waals surface area contributed by atoms with E-state index in [4.69, 9.17) is 0 Å². The lowest BCUT2D eigenvalue weighted by Crippen LogP contribution is -2.14. The molecule has 0 spiro atoms. The molecule has 0 bridgehead atoms. The van der Waals surface area contributed by atoms with E-state index in [0.717, 1.165) is 23.3 Å². The summed E-state index contributed by atoms with van der Waals surface area (Å²) in [5.41, 5.74) is 1.72. The molecule has 1 aliphatic rings. The standard InChI is InChI=1S/C17H13F3O/c18-17(19,20)13-8-5-12(6-9-13)15-10-7-11-3-1-2-4-14(11)16(15)21/h1-10,15-16,21H/t15-,16-/m1/s1. The third-order valence-electron chi connectivity index (χ3n) is 3.76. The highest BCUT2D eigenvalue weighted by atomic mass is 19.4. The lowest BCUT2D eigenvalue weighted by atomic mass is 9.82.